The zero-order chi connectivity index (χ0) is 24.8. The van der Waals surface area contributed by atoms with Crippen LogP contribution in [0.15, 0.2) is 72.8 Å². The normalized spacial score (nSPS) is 12.9. The number of phenols is 3. The fourth-order valence-corrected chi connectivity index (χ4v) is 2.82. The zero-order valence-corrected chi connectivity index (χ0v) is 19.5. The van der Waals surface area contributed by atoms with Gasteiger partial charge in [-0.3, -0.25) is 0 Å². The average Bonchev–Trinajstić information content (AvgIpc) is 2.81. The predicted molar refractivity (Wildman–Crippen MR) is 130 cm³/mol. The number of aliphatic hydroxyl groups is 3. The first-order valence-electron chi connectivity index (χ1n) is 11.1. The van der Waals surface area contributed by atoms with E-state index in [-0.39, 0.29) is 17.2 Å². The fourth-order valence-electron chi connectivity index (χ4n) is 2.82. The molecule has 0 aliphatic heterocycles. The van der Waals surface area contributed by atoms with Crippen LogP contribution in [0.3, 0.4) is 0 Å². The lowest BCUT2D eigenvalue weighted by molar-refractivity contribution is 0.166. The molecule has 3 unspecified atom stereocenters. The molecule has 0 saturated carbocycles. The van der Waals surface area contributed by atoms with Crippen LogP contribution in [0.5, 0.6) is 17.2 Å². The molecule has 0 bridgehead atoms. The standard InChI is InChI=1S/C10H14O2.C9H12O2.C8H10O2/c1-2-3-10(12)8-4-6-9(11)7-5-8;1-2-9(11)7-3-5-8(10)6-4-7;1-6(9)7-2-4-8(10)5-3-7/h4-7,10-12H,2-3H2,1H3;3-6,9-11H,2H2,1H3;2-6,9-10H,1H3. The third-order valence-corrected chi connectivity index (χ3v) is 4.88. The van der Waals surface area contributed by atoms with Gasteiger partial charge in [-0.05, 0) is 72.9 Å². The van der Waals surface area contributed by atoms with Gasteiger partial charge in [-0.15, -0.1) is 0 Å². The molecular formula is C27H36O6. The smallest absolute Gasteiger partial charge is 0.115 e. The Morgan fingerprint density at radius 2 is 0.879 bits per heavy atom. The molecule has 33 heavy (non-hydrogen) atoms. The van der Waals surface area contributed by atoms with Gasteiger partial charge in [0.25, 0.3) is 0 Å². The van der Waals surface area contributed by atoms with Crippen molar-refractivity contribution < 1.29 is 30.6 Å². The minimum absolute atomic E-state index is 0.226. The highest BCUT2D eigenvalue weighted by atomic mass is 16.3. The lowest BCUT2D eigenvalue weighted by atomic mass is 10.1. The van der Waals surface area contributed by atoms with Crippen molar-refractivity contribution in [3.8, 4) is 17.2 Å². The van der Waals surface area contributed by atoms with Crippen LogP contribution in [-0.4, -0.2) is 30.6 Å². The molecule has 6 nitrogen and oxygen atoms in total. The molecule has 3 aromatic rings. The van der Waals surface area contributed by atoms with Gasteiger partial charge in [-0.1, -0.05) is 56.7 Å². The third kappa shape index (κ3) is 10.9. The summed E-state index contributed by atoms with van der Waals surface area (Å²) in [5.74, 6) is 0.698. The summed E-state index contributed by atoms with van der Waals surface area (Å²) in [4.78, 5) is 0. The van der Waals surface area contributed by atoms with E-state index in [4.69, 9.17) is 20.4 Å². The summed E-state index contributed by atoms with van der Waals surface area (Å²) in [5.41, 5.74) is 2.54. The summed E-state index contributed by atoms with van der Waals surface area (Å²) in [6.07, 6.45) is 1.17. The van der Waals surface area contributed by atoms with Gasteiger partial charge >= 0.3 is 0 Å². The summed E-state index contributed by atoms with van der Waals surface area (Å²) in [6, 6.07) is 19.8. The first-order chi connectivity index (χ1) is 15.7. The lowest BCUT2D eigenvalue weighted by Crippen LogP contribution is -1.95. The highest BCUT2D eigenvalue weighted by molar-refractivity contribution is 5.28. The van der Waals surface area contributed by atoms with Crippen molar-refractivity contribution in [2.45, 2.75) is 58.3 Å². The van der Waals surface area contributed by atoms with Gasteiger partial charge in [0.15, 0.2) is 0 Å². The molecule has 3 aromatic carbocycles. The van der Waals surface area contributed by atoms with Crippen molar-refractivity contribution in [2.24, 2.45) is 0 Å². The summed E-state index contributed by atoms with van der Waals surface area (Å²) in [6.45, 7) is 5.63. The van der Waals surface area contributed by atoms with E-state index in [2.05, 4.69) is 0 Å². The SMILES string of the molecule is CC(O)c1ccc(O)cc1.CCC(O)c1ccc(O)cc1.CCCC(O)c1ccc(O)cc1. The van der Waals surface area contributed by atoms with E-state index in [0.29, 0.717) is 6.42 Å². The van der Waals surface area contributed by atoms with Crippen molar-refractivity contribution >= 4 is 0 Å². The molecule has 6 heteroatoms. The van der Waals surface area contributed by atoms with Crippen LogP contribution in [0.2, 0.25) is 0 Å². The van der Waals surface area contributed by atoms with Crippen molar-refractivity contribution in [2.75, 3.05) is 0 Å². The topological polar surface area (TPSA) is 121 Å². The quantitative estimate of drug-likeness (QED) is 0.291. The molecule has 0 saturated heterocycles. The van der Waals surface area contributed by atoms with Gasteiger partial charge < -0.3 is 30.6 Å². The first-order valence-corrected chi connectivity index (χ1v) is 11.1. The van der Waals surface area contributed by atoms with E-state index < -0.39 is 18.3 Å². The van der Waals surface area contributed by atoms with Crippen molar-refractivity contribution in [3.05, 3.63) is 89.5 Å². The maximum atomic E-state index is 9.53. The van der Waals surface area contributed by atoms with Crippen LogP contribution in [0, 0.1) is 0 Å². The highest BCUT2D eigenvalue weighted by Gasteiger charge is 2.05. The van der Waals surface area contributed by atoms with Crippen LogP contribution < -0.4 is 0 Å². The predicted octanol–water partition coefficient (Wildman–Crippen LogP) is 5.51. The van der Waals surface area contributed by atoms with E-state index in [1.165, 1.54) is 0 Å². The second-order valence-electron chi connectivity index (χ2n) is 7.68. The molecule has 0 aromatic heterocycles. The van der Waals surface area contributed by atoms with Crippen molar-refractivity contribution in [1.29, 1.82) is 0 Å². The lowest BCUT2D eigenvalue weighted by Gasteiger charge is -2.08. The number of benzene rings is 3. The Bertz CT molecular complexity index is 889. The number of aromatic hydroxyl groups is 3. The Kier molecular flexibility index (Phi) is 12.6. The van der Waals surface area contributed by atoms with E-state index in [1.54, 1.807) is 79.7 Å². The average molecular weight is 457 g/mol. The van der Waals surface area contributed by atoms with Crippen LogP contribution in [0.4, 0.5) is 0 Å². The Labute approximate surface area is 196 Å². The minimum atomic E-state index is -0.458. The maximum absolute atomic E-state index is 9.53. The molecule has 3 rings (SSSR count). The second-order valence-corrected chi connectivity index (χ2v) is 7.68. The van der Waals surface area contributed by atoms with Crippen molar-refractivity contribution in [3.63, 3.8) is 0 Å². The summed E-state index contributed by atoms with van der Waals surface area (Å²) in [5, 5.41) is 54.7. The van der Waals surface area contributed by atoms with E-state index in [0.717, 1.165) is 29.5 Å². The molecule has 0 spiro atoms. The highest BCUT2D eigenvalue weighted by Crippen LogP contribution is 2.20. The Morgan fingerprint density at radius 1 is 0.545 bits per heavy atom. The molecule has 6 N–H and O–H groups in total. The monoisotopic (exact) mass is 456 g/mol. The van der Waals surface area contributed by atoms with E-state index in [9.17, 15) is 10.2 Å². The third-order valence-electron chi connectivity index (χ3n) is 4.88. The molecule has 0 aliphatic rings. The Hall–Kier alpha value is -3.06. The molecule has 3 atom stereocenters. The largest absolute Gasteiger partial charge is 0.508 e. The van der Waals surface area contributed by atoms with Crippen molar-refractivity contribution in [1.82, 2.24) is 0 Å². The molecule has 0 fully saturated rings. The van der Waals surface area contributed by atoms with E-state index >= 15 is 0 Å². The number of hydrogen-bond acceptors (Lipinski definition) is 6. The van der Waals surface area contributed by atoms with Gasteiger partial charge in [-0.2, -0.15) is 0 Å². The van der Waals surface area contributed by atoms with Crippen LogP contribution >= 0.6 is 0 Å². The number of aliphatic hydroxyl groups excluding tert-OH is 3. The number of phenolic OH excluding ortho intramolecular Hbond substituents is 3. The first kappa shape index (κ1) is 28.0. The van der Waals surface area contributed by atoms with Gasteiger partial charge in [0.05, 0.1) is 18.3 Å². The minimum Gasteiger partial charge on any atom is -0.508 e. The van der Waals surface area contributed by atoms with E-state index in [1.807, 2.05) is 13.8 Å². The van der Waals surface area contributed by atoms with Crippen LogP contribution in [-0.2, 0) is 0 Å². The van der Waals surface area contributed by atoms with Crippen LogP contribution in [0.1, 0.15) is 75.0 Å². The van der Waals surface area contributed by atoms with Gasteiger partial charge in [0.2, 0.25) is 0 Å². The maximum Gasteiger partial charge on any atom is 0.115 e. The zero-order valence-electron chi connectivity index (χ0n) is 19.5. The summed E-state index contributed by atoms with van der Waals surface area (Å²) < 4.78 is 0. The van der Waals surface area contributed by atoms with Gasteiger partial charge in [0.1, 0.15) is 17.2 Å². The summed E-state index contributed by atoms with van der Waals surface area (Å²) in [7, 11) is 0. The molecule has 0 amide bonds. The Morgan fingerprint density at radius 3 is 1.18 bits per heavy atom. The van der Waals surface area contributed by atoms with Crippen LogP contribution in [0.25, 0.3) is 0 Å². The molecule has 0 radical (unpaired) electrons. The molecule has 180 valence electrons. The Balaban J connectivity index is 0.000000249. The number of rotatable bonds is 6. The fraction of sp³-hybridized carbons (Fsp3) is 0.333. The molecule has 0 heterocycles. The number of hydrogen-bond donors (Lipinski definition) is 6. The van der Waals surface area contributed by atoms with Gasteiger partial charge in [0, 0.05) is 0 Å². The summed E-state index contributed by atoms with van der Waals surface area (Å²) >= 11 is 0. The molecular weight excluding hydrogens is 420 g/mol. The second kappa shape index (κ2) is 14.9. The van der Waals surface area contributed by atoms with Gasteiger partial charge in [-0.25, -0.2) is 0 Å². The molecule has 0 aliphatic carbocycles.